The Morgan fingerprint density at radius 2 is 0.469 bits per heavy atom. The molecular weight excluding hydrogens is 1180 g/mol. The zero-order chi connectivity index (χ0) is 67.5. The lowest BCUT2D eigenvalue weighted by molar-refractivity contribution is 0.398. The fourth-order valence-electron chi connectivity index (χ4n) is 17.0. The molecule has 0 saturated carbocycles. The van der Waals surface area contributed by atoms with E-state index in [1.165, 1.54) is 291 Å². The highest BCUT2D eigenvalue weighted by Gasteiger charge is 2.44. The molecule has 2 aliphatic rings. The monoisotopic (exact) mass is 1290 g/mol. The number of fused-ring (bicyclic) bond motifs is 6. The number of benzene rings is 10. The van der Waals surface area contributed by atoms with Crippen molar-refractivity contribution in [2.75, 3.05) is 0 Å². The summed E-state index contributed by atoms with van der Waals surface area (Å²) >= 11 is 0. The third kappa shape index (κ3) is 16.5. The summed E-state index contributed by atoms with van der Waals surface area (Å²) in [5.41, 5.74) is 32.3. The van der Waals surface area contributed by atoms with Gasteiger partial charge in [-0.2, -0.15) is 0 Å². The molecule has 10 aromatic carbocycles. The largest absolute Gasteiger partial charge is 0.0654 e. The van der Waals surface area contributed by atoms with Crippen molar-refractivity contribution in [3.8, 4) is 89.0 Å². The first-order valence-electron chi connectivity index (χ1n) is 39.0. The fourth-order valence-corrected chi connectivity index (χ4v) is 17.0. The normalized spacial score (nSPS) is 13.2. The molecule has 0 saturated heterocycles. The lowest BCUT2D eigenvalue weighted by atomic mass is 9.69. The third-order valence-corrected chi connectivity index (χ3v) is 22.6. The van der Waals surface area contributed by atoms with Gasteiger partial charge in [0.2, 0.25) is 0 Å². The molecular formula is C98H112. The molecule has 504 valence electrons. The second kappa shape index (κ2) is 34.1. The van der Waals surface area contributed by atoms with Gasteiger partial charge in [-0.15, -0.1) is 0 Å². The van der Waals surface area contributed by atoms with Gasteiger partial charge in [-0.05, 0) is 217 Å². The summed E-state index contributed by atoms with van der Waals surface area (Å²) in [5, 5.41) is 0. The number of unbranched alkanes of at least 4 members (excludes halogenated alkanes) is 20. The molecule has 12 rings (SSSR count). The lowest BCUT2D eigenvalue weighted by Gasteiger charge is -2.33. The van der Waals surface area contributed by atoms with Gasteiger partial charge in [0.15, 0.2) is 0 Å². The van der Waals surface area contributed by atoms with Crippen LogP contribution >= 0.6 is 0 Å². The number of rotatable bonds is 36. The summed E-state index contributed by atoms with van der Waals surface area (Å²) in [6.07, 6.45) is 40.5. The molecule has 0 radical (unpaired) electrons. The first-order valence-corrected chi connectivity index (χ1v) is 39.0. The summed E-state index contributed by atoms with van der Waals surface area (Å²) in [6, 6.07) is 85.8. The predicted octanol–water partition coefficient (Wildman–Crippen LogP) is 30.0. The fraction of sp³-hybridized carbons (Fsp3) is 0.367. The maximum Gasteiger partial charge on any atom is 0.0215 e. The van der Waals surface area contributed by atoms with Crippen molar-refractivity contribution in [1.82, 2.24) is 0 Å². The summed E-state index contributed by atoms with van der Waals surface area (Å²) in [7, 11) is 0. The molecule has 0 nitrogen and oxygen atoms in total. The second-order valence-electron chi connectivity index (χ2n) is 29.8. The van der Waals surface area contributed by atoms with E-state index >= 15 is 0 Å². The Kier molecular flexibility index (Phi) is 24.3. The van der Waals surface area contributed by atoms with Crippen LogP contribution in [0.1, 0.15) is 252 Å². The van der Waals surface area contributed by atoms with Crippen LogP contribution in [0.5, 0.6) is 0 Å². The van der Waals surface area contributed by atoms with Crippen LogP contribution in [0.3, 0.4) is 0 Å². The van der Waals surface area contributed by atoms with E-state index in [0.29, 0.717) is 0 Å². The molecule has 98 heavy (non-hydrogen) atoms. The molecule has 0 heterocycles. The molecule has 0 spiro atoms. The molecule has 0 aliphatic heterocycles. The summed E-state index contributed by atoms with van der Waals surface area (Å²) in [5.74, 6) is 0. The van der Waals surface area contributed by atoms with Gasteiger partial charge in [-0.1, -0.05) is 369 Å². The first-order chi connectivity index (χ1) is 48.2. The van der Waals surface area contributed by atoms with Crippen LogP contribution in [-0.4, -0.2) is 0 Å². The van der Waals surface area contributed by atoms with E-state index in [1.807, 2.05) is 0 Å². The highest BCUT2D eigenvalue weighted by Crippen LogP contribution is 2.58. The van der Waals surface area contributed by atoms with Gasteiger partial charge >= 0.3 is 0 Å². The van der Waals surface area contributed by atoms with Gasteiger partial charge in [-0.3, -0.25) is 0 Å². The third-order valence-electron chi connectivity index (χ3n) is 22.6. The van der Waals surface area contributed by atoms with Crippen LogP contribution in [0.25, 0.3) is 101 Å². The topological polar surface area (TPSA) is 0 Å². The maximum atomic E-state index is 2.71. The van der Waals surface area contributed by atoms with Crippen molar-refractivity contribution >= 4 is 12.2 Å². The van der Waals surface area contributed by atoms with Crippen molar-refractivity contribution in [3.05, 3.63) is 263 Å². The molecule has 0 amide bonds. The Bertz CT molecular complexity index is 4120. The summed E-state index contributed by atoms with van der Waals surface area (Å²) < 4.78 is 0. The van der Waals surface area contributed by atoms with Crippen molar-refractivity contribution in [2.24, 2.45) is 0 Å². The van der Waals surface area contributed by atoms with Crippen LogP contribution in [0.4, 0.5) is 0 Å². The molecule has 0 unspecified atom stereocenters. The molecule has 0 atom stereocenters. The smallest absolute Gasteiger partial charge is 0.0215 e. The van der Waals surface area contributed by atoms with Crippen molar-refractivity contribution in [2.45, 2.75) is 232 Å². The van der Waals surface area contributed by atoms with E-state index in [2.05, 4.69) is 272 Å². The van der Waals surface area contributed by atoms with Crippen molar-refractivity contribution in [3.63, 3.8) is 0 Å². The molecule has 0 heteroatoms. The molecule has 10 aromatic rings. The van der Waals surface area contributed by atoms with Gasteiger partial charge in [0.25, 0.3) is 0 Å². The quantitative estimate of drug-likeness (QED) is 0.0271. The Hall–Kier alpha value is -8.06. The van der Waals surface area contributed by atoms with Crippen LogP contribution in [-0.2, 0) is 10.8 Å². The average Bonchev–Trinajstić information content (AvgIpc) is 1.57. The molecule has 0 aromatic heterocycles. The molecule has 2 aliphatic carbocycles. The van der Waals surface area contributed by atoms with E-state index in [9.17, 15) is 0 Å². The number of hydrogen-bond donors (Lipinski definition) is 0. The minimum atomic E-state index is -0.110. The van der Waals surface area contributed by atoms with Crippen LogP contribution < -0.4 is 0 Å². The Morgan fingerprint density at radius 3 is 0.827 bits per heavy atom. The SMILES string of the molecule is CCCCCCCCC1(CCCCCCCC)c2cc(C)ccc2-c2ccc(-c3cc(-c4cc(-c5ccccc5)cc(-c5ccccc5)c4)cc(-c4ccc5c(c4)C(CCCCCCCC)(CCCCCCCC)c4cc(-c6ccc(/C=C/c7ccc(C)cc7)cc6)ccc4-5)c3)cc21. The standard InChI is InChI=1S/C98H112/c1-7-11-15-19-23-33-59-97(60-34-24-20-16-12-8-2)93-63-74(6)43-55-89(93)90-57-53-81(71-95(90)97)85-67-86(69-88(68-85)87-65-83(77-37-29-27-30-38-77)64-84(66-87)78-39-31-28-32-40-78)82-54-58-92-91-56-52-80(79-50-48-76(49-51-79)47-46-75-44-41-73(5)42-45-75)70-94(91)98(96(92)72-82,61-35-25-21-17-13-9-3)62-36-26-22-18-14-10-4/h27-32,37-58,63-72H,7-26,33-36,59-62H2,1-6H3/b47-46+. The Labute approximate surface area is 592 Å². The molecule has 0 bridgehead atoms. The van der Waals surface area contributed by atoms with Gasteiger partial charge in [0.1, 0.15) is 0 Å². The van der Waals surface area contributed by atoms with Crippen LogP contribution in [0, 0.1) is 13.8 Å². The minimum Gasteiger partial charge on any atom is -0.0654 e. The minimum absolute atomic E-state index is 0.0237. The zero-order valence-electron chi connectivity index (χ0n) is 60.7. The molecule has 0 fully saturated rings. The van der Waals surface area contributed by atoms with Crippen molar-refractivity contribution < 1.29 is 0 Å². The van der Waals surface area contributed by atoms with Gasteiger partial charge in [0, 0.05) is 10.8 Å². The van der Waals surface area contributed by atoms with Gasteiger partial charge < -0.3 is 0 Å². The van der Waals surface area contributed by atoms with E-state index in [0.717, 1.165) is 0 Å². The van der Waals surface area contributed by atoms with Crippen molar-refractivity contribution in [1.29, 1.82) is 0 Å². The zero-order valence-corrected chi connectivity index (χ0v) is 60.7. The average molecular weight is 1290 g/mol. The highest BCUT2D eigenvalue weighted by molar-refractivity contribution is 5.91. The summed E-state index contributed by atoms with van der Waals surface area (Å²) in [6.45, 7) is 13.9. The van der Waals surface area contributed by atoms with E-state index in [-0.39, 0.29) is 10.8 Å². The van der Waals surface area contributed by atoms with Crippen LogP contribution in [0.2, 0.25) is 0 Å². The Morgan fingerprint density at radius 1 is 0.214 bits per heavy atom. The number of aryl methyl sites for hydroxylation is 2. The van der Waals surface area contributed by atoms with Crippen LogP contribution in [0.15, 0.2) is 218 Å². The first kappa shape index (κ1) is 69.8. The van der Waals surface area contributed by atoms with E-state index in [1.54, 1.807) is 22.3 Å². The Balaban J connectivity index is 1.01. The number of hydrogen-bond acceptors (Lipinski definition) is 0. The maximum absolute atomic E-state index is 2.71. The summed E-state index contributed by atoms with van der Waals surface area (Å²) in [4.78, 5) is 0. The predicted molar refractivity (Wildman–Crippen MR) is 428 cm³/mol. The lowest BCUT2D eigenvalue weighted by Crippen LogP contribution is -2.25. The van der Waals surface area contributed by atoms with E-state index < -0.39 is 0 Å². The van der Waals surface area contributed by atoms with Gasteiger partial charge in [0.05, 0.1) is 0 Å². The van der Waals surface area contributed by atoms with Gasteiger partial charge in [-0.25, -0.2) is 0 Å². The molecule has 0 N–H and O–H groups in total. The van der Waals surface area contributed by atoms with E-state index in [4.69, 9.17) is 0 Å². The highest BCUT2D eigenvalue weighted by atomic mass is 14.5. The second-order valence-corrected chi connectivity index (χ2v) is 29.8.